The van der Waals surface area contributed by atoms with Gasteiger partial charge in [0, 0.05) is 49.2 Å². The number of benzene rings is 3. The van der Waals surface area contributed by atoms with Crippen molar-refractivity contribution in [2.75, 3.05) is 13.1 Å². The fourth-order valence-corrected chi connectivity index (χ4v) is 5.64. The van der Waals surface area contributed by atoms with E-state index in [1.54, 1.807) is 12.3 Å². The maximum Gasteiger partial charge on any atom is 0.142 e. The Morgan fingerprint density at radius 2 is 1.87 bits per heavy atom. The van der Waals surface area contributed by atoms with Gasteiger partial charge < -0.3 is 14.6 Å². The third kappa shape index (κ3) is 5.48. The Morgan fingerprint density at radius 1 is 1.03 bits per heavy atom. The van der Waals surface area contributed by atoms with E-state index in [0.717, 1.165) is 24.0 Å². The van der Waals surface area contributed by atoms with E-state index >= 15 is 0 Å². The zero-order valence-corrected chi connectivity index (χ0v) is 22.1. The molecular formula is C32H28ClN3O3. The third-order valence-electron chi connectivity index (χ3n) is 7.33. The first-order valence-electron chi connectivity index (χ1n) is 13.1. The summed E-state index contributed by atoms with van der Waals surface area (Å²) in [5.74, 6) is 1.24. The number of β-amino-alcohol motifs (C(OH)–C–C–N with tert-alkyl or cyclic N) is 1. The largest absolute Gasteiger partial charge is 0.488 e. The van der Waals surface area contributed by atoms with E-state index in [1.165, 1.54) is 28.5 Å². The summed E-state index contributed by atoms with van der Waals surface area (Å²) < 4.78 is 12.8. The quantitative estimate of drug-likeness (QED) is 0.293. The number of aliphatic hydroxyl groups excluding tert-OH is 1. The lowest BCUT2D eigenvalue weighted by Crippen LogP contribution is -2.49. The number of ether oxygens (including phenoxy) is 2. The topological polar surface area (TPSA) is 78.6 Å². The molecule has 2 aliphatic rings. The molecule has 1 atom stereocenters. The van der Waals surface area contributed by atoms with Crippen molar-refractivity contribution in [1.82, 2.24) is 9.88 Å². The molecule has 0 spiro atoms. The molecule has 3 aromatic carbocycles. The monoisotopic (exact) mass is 537 g/mol. The fourth-order valence-electron chi connectivity index (χ4n) is 5.41. The molecule has 1 aliphatic heterocycles. The Hall–Kier alpha value is -3.89. The number of aromatic nitrogens is 1. The van der Waals surface area contributed by atoms with Crippen LogP contribution in [0.15, 0.2) is 79.1 Å². The van der Waals surface area contributed by atoms with Gasteiger partial charge in [-0.15, -0.1) is 0 Å². The van der Waals surface area contributed by atoms with E-state index in [2.05, 4.69) is 58.4 Å². The van der Waals surface area contributed by atoms with Gasteiger partial charge >= 0.3 is 0 Å². The van der Waals surface area contributed by atoms with Gasteiger partial charge in [0.25, 0.3) is 0 Å². The fraction of sp³-hybridized carbons (Fsp3) is 0.250. The summed E-state index contributed by atoms with van der Waals surface area (Å²) >= 11 is 6.77. The summed E-state index contributed by atoms with van der Waals surface area (Å²) in [6.45, 7) is 2.10. The molecule has 6 rings (SSSR count). The average Bonchev–Trinajstić information content (AvgIpc) is 3.36. The van der Waals surface area contributed by atoms with Crippen LogP contribution in [-0.4, -0.2) is 34.2 Å². The number of likely N-dealkylation sites (tertiary alicyclic amines) is 1. The summed E-state index contributed by atoms with van der Waals surface area (Å²) in [4.78, 5) is 6.27. The normalized spacial score (nSPS) is 16.8. The molecule has 1 N–H and O–H groups in total. The number of nitrogens with zero attached hydrogens (tertiary/aromatic N) is 3. The molecule has 196 valence electrons. The number of hydrogen-bond donors (Lipinski definition) is 1. The van der Waals surface area contributed by atoms with Crippen molar-refractivity contribution in [2.45, 2.75) is 38.2 Å². The highest BCUT2D eigenvalue weighted by Crippen LogP contribution is 2.43. The van der Waals surface area contributed by atoms with Crippen LogP contribution in [0.25, 0.3) is 11.1 Å². The van der Waals surface area contributed by atoms with E-state index < -0.39 is 0 Å². The Bertz CT molecular complexity index is 1530. The highest BCUT2D eigenvalue weighted by molar-refractivity contribution is 6.32. The molecule has 2 heterocycles. The smallest absolute Gasteiger partial charge is 0.142 e. The van der Waals surface area contributed by atoms with E-state index in [4.69, 9.17) is 21.1 Å². The Kier molecular flexibility index (Phi) is 7.21. The van der Waals surface area contributed by atoms with Gasteiger partial charge in [-0.1, -0.05) is 60.1 Å². The van der Waals surface area contributed by atoms with Crippen molar-refractivity contribution in [1.29, 1.82) is 5.26 Å². The van der Waals surface area contributed by atoms with Gasteiger partial charge in [0.15, 0.2) is 0 Å². The average molecular weight is 538 g/mol. The summed E-state index contributed by atoms with van der Waals surface area (Å²) in [6, 6.07) is 24.5. The van der Waals surface area contributed by atoms with Crippen LogP contribution in [0.1, 0.15) is 40.3 Å². The van der Waals surface area contributed by atoms with E-state index in [-0.39, 0.29) is 18.8 Å². The predicted octanol–water partition coefficient (Wildman–Crippen LogP) is 6.10. The first kappa shape index (κ1) is 25.4. The van der Waals surface area contributed by atoms with Gasteiger partial charge in [0.1, 0.15) is 30.3 Å². The number of halogens is 1. The highest BCUT2D eigenvalue weighted by atomic mass is 35.5. The molecule has 0 amide bonds. The molecule has 1 fully saturated rings. The molecule has 0 unspecified atom stereocenters. The molecule has 4 aromatic rings. The molecule has 0 radical (unpaired) electrons. The number of aliphatic hydroxyl groups is 1. The summed E-state index contributed by atoms with van der Waals surface area (Å²) in [6.07, 6.45) is 4.62. The van der Waals surface area contributed by atoms with Gasteiger partial charge in [0.2, 0.25) is 0 Å². The second kappa shape index (κ2) is 11.1. The van der Waals surface area contributed by atoms with Gasteiger partial charge in [-0.3, -0.25) is 9.88 Å². The molecular weight excluding hydrogens is 510 g/mol. The number of pyridine rings is 1. The number of rotatable bonds is 8. The van der Waals surface area contributed by atoms with Crippen molar-refractivity contribution >= 4 is 11.6 Å². The minimum atomic E-state index is -0.296. The summed E-state index contributed by atoms with van der Waals surface area (Å²) in [5.41, 5.74) is 7.17. The van der Waals surface area contributed by atoms with Crippen LogP contribution in [0, 0.1) is 11.3 Å². The van der Waals surface area contributed by atoms with Crippen molar-refractivity contribution in [3.8, 4) is 28.7 Å². The molecule has 1 aromatic heterocycles. The van der Waals surface area contributed by atoms with Crippen molar-refractivity contribution < 1.29 is 14.6 Å². The first-order chi connectivity index (χ1) is 19.1. The number of fused-ring (bicyclic) bond motifs is 1. The number of hydrogen-bond acceptors (Lipinski definition) is 6. The van der Waals surface area contributed by atoms with E-state index in [1.807, 2.05) is 18.2 Å². The first-order valence-corrected chi connectivity index (χ1v) is 13.5. The van der Waals surface area contributed by atoms with Crippen LogP contribution in [-0.2, 0) is 19.6 Å². The van der Waals surface area contributed by atoms with Crippen LogP contribution in [0.5, 0.6) is 11.5 Å². The summed E-state index contributed by atoms with van der Waals surface area (Å²) in [7, 11) is 0. The minimum Gasteiger partial charge on any atom is -0.488 e. The van der Waals surface area contributed by atoms with Gasteiger partial charge in [-0.05, 0) is 47.2 Å². The Morgan fingerprint density at radius 3 is 2.67 bits per heavy atom. The van der Waals surface area contributed by atoms with Crippen LogP contribution < -0.4 is 9.47 Å². The Labute approximate surface area is 233 Å². The van der Waals surface area contributed by atoms with Gasteiger partial charge in [-0.2, -0.15) is 5.26 Å². The third-order valence-corrected chi connectivity index (χ3v) is 7.63. The van der Waals surface area contributed by atoms with Crippen LogP contribution >= 0.6 is 11.6 Å². The molecule has 1 aliphatic carbocycles. The van der Waals surface area contributed by atoms with Crippen LogP contribution in [0.4, 0.5) is 0 Å². The van der Waals surface area contributed by atoms with Crippen LogP contribution in [0.3, 0.4) is 0 Å². The second-order valence-electron chi connectivity index (χ2n) is 10.1. The zero-order chi connectivity index (χ0) is 26.8. The Balaban J connectivity index is 1.27. The van der Waals surface area contributed by atoms with Crippen molar-refractivity contribution in [3.05, 3.63) is 112 Å². The maximum atomic E-state index is 9.75. The highest BCUT2D eigenvalue weighted by Gasteiger charge is 2.29. The maximum absolute atomic E-state index is 9.75. The molecule has 0 saturated carbocycles. The zero-order valence-electron chi connectivity index (χ0n) is 21.4. The molecule has 39 heavy (non-hydrogen) atoms. The van der Waals surface area contributed by atoms with E-state index in [0.29, 0.717) is 41.7 Å². The molecule has 1 saturated heterocycles. The van der Waals surface area contributed by atoms with Gasteiger partial charge in [-0.25, -0.2) is 0 Å². The second-order valence-corrected chi connectivity index (χ2v) is 10.5. The minimum absolute atomic E-state index is 0.109. The molecule has 7 heteroatoms. The summed E-state index contributed by atoms with van der Waals surface area (Å²) in [5, 5.41) is 19.5. The lowest BCUT2D eigenvalue weighted by Gasteiger charge is -2.36. The van der Waals surface area contributed by atoms with Crippen molar-refractivity contribution in [2.24, 2.45) is 0 Å². The van der Waals surface area contributed by atoms with Crippen molar-refractivity contribution in [3.63, 3.8) is 0 Å². The lowest BCUT2D eigenvalue weighted by molar-refractivity contribution is -0.00335. The predicted molar refractivity (Wildman–Crippen MR) is 150 cm³/mol. The molecule has 0 bridgehead atoms. The van der Waals surface area contributed by atoms with Gasteiger partial charge in [0.05, 0.1) is 16.7 Å². The standard InChI is InChI=1S/C32H28ClN3O3/c33-29-12-24(17-36-18-25(37)19-36)31(38-20-22-11-21(14-34)15-35-16-22)13-32(29)39-30-10-9-27-26(7-4-8-28(27)30)23-5-2-1-3-6-23/h1-8,11-13,15-16,25,30,37H,9-10,17-20H2/t30-/m0/s1. The van der Waals surface area contributed by atoms with E-state index in [9.17, 15) is 10.4 Å². The SMILES string of the molecule is N#Cc1cncc(COc2cc(O[C@H]3CCc4c(-c5ccccc5)cccc43)c(Cl)cc2CN2CC(O)C2)c1. The lowest BCUT2D eigenvalue weighted by atomic mass is 9.97. The molecule has 6 nitrogen and oxygen atoms in total. The van der Waals surface area contributed by atoms with Crippen LogP contribution in [0.2, 0.25) is 5.02 Å². The number of nitriles is 1.